The van der Waals surface area contributed by atoms with Crippen LogP contribution in [0.5, 0.6) is 0 Å². The molecule has 0 aromatic heterocycles. The van der Waals surface area contributed by atoms with Gasteiger partial charge in [0, 0.05) is 37.3 Å². The molecule has 0 unspecified atom stereocenters. The number of fused-ring (bicyclic) bond motifs is 3. The molecule has 1 N–H and O–H groups in total. The Bertz CT molecular complexity index is 746. The van der Waals surface area contributed by atoms with Gasteiger partial charge in [-0.3, -0.25) is 0 Å². The molecular weight excluding hydrogens is 304 g/mol. The molecule has 1 aromatic carbocycles. The van der Waals surface area contributed by atoms with E-state index in [9.17, 15) is 18.3 Å². The Morgan fingerprint density at radius 3 is 2.86 bits per heavy atom. The molecule has 22 heavy (non-hydrogen) atoms. The highest BCUT2D eigenvalue weighted by atomic mass is 32.2. The minimum absolute atomic E-state index is 0.0920. The fraction of sp³-hybridized carbons (Fsp3) is 0.533. The third-order valence-corrected chi connectivity index (χ3v) is 6.66. The maximum absolute atomic E-state index is 12.1. The number of carboxylic acid groups (broad SMARTS) is 1. The number of para-hydroxylation sites is 1. The number of likely N-dealkylation sites (tertiary alicyclic amines) is 1. The molecule has 0 radical (unpaired) electrons. The normalized spacial score (nSPS) is 28.7. The third kappa shape index (κ3) is 1.99. The number of anilines is 1. The number of benzene rings is 1. The Balaban J connectivity index is 1.80. The van der Waals surface area contributed by atoms with Gasteiger partial charge in [0.05, 0.1) is 11.5 Å². The molecular formula is C15H18N2O4S. The lowest BCUT2D eigenvalue weighted by Gasteiger charge is -2.37. The summed E-state index contributed by atoms with van der Waals surface area (Å²) < 4.78 is 24.2. The highest BCUT2D eigenvalue weighted by molar-refractivity contribution is 7.90. The fourth-order valence-corrected chi connectivity index (χ4v) is 5.49. The van der Waals surface area contributed by atoms with Crippen LogP contribution in [-0.2, 0) is 15.6 Å². The van der Waals surface area contributed by atoms with Crippen molar-refractivity contribution in [1.82, 2.24) is 4.90 Å². The van der Waals surface area contributed by atoms with Gasteiger partial charge >= 0.3 is 6.09 Å². The van der Waals surface area contributed by atoms with Gasteiger partial charge in [-0.05, 0) is 17.5 Å². The van der Waals surface area contributed by atoms with Gasteiger partial charge in [-0.15, -0.1) is 0 Å². The Morgan fingerprint density at radius 2 is 2.09 bits per heavy atom. The van der Waals surface area contributed by atoms with E-state index in [0.29, 0.717) is 19.6 Å². The summed E-state index contributed by atoms with van der Waals surface area (Å²) in [5.41, 5.74) is 3.03. The first-order valence-corrected chi connectivity index (χ1v) is 9.35. The van der Waals surface area contributed by atoms with Crippen LogP contribution in [0.25, 0.3) is 0 Å². The van der Waals surface area contributed by atoms with Crippen molar-refractivity contribution in [2.45, 2.75) is 24.1 Å². The molecule has 4 rings (SSSR count). The van der Waals surface area contributed by atoms with Crippen LogP contribution in [0.2, 0.25) is 0 Å². The lowest BCUT2D eigenvalue weighted by atomic mass is 9.89. The summed E-state index contributed by atoms with van der Waals surface area (Å²) in [4.78, 5) is 15.0. The van der Waals surface area contributed by atoms with Gasteiger partial charge in [0.2, 0.25) is 0 Å². The number of hydrogen-bond donors (Lipinski definition) is 1. The summed E-state index contributed by atoms with van der Waals surface area (Å²) in [6.07, 6.45) is -0.116. The van der Waals surface area contributed by atoms with Crippen molar-refractivity contribution in [2.24, 2.45) is 0 Å². The van der Waals surface area contributed by atoms with Crippen molar-refractivity contribution in [2.75, 3.05) is 30.3 Å². The maximum atomic E-state index is 12.1. The molecule has 6 nitrogen and oxygen atoms in total. The first kappa shape index (κ1) is 13.9. The lowest BCUT2D eigenvalue weighted by molar-refractivity contribution is 0.127. The fourth-order valence-electron chi connectivity index (χ4n) is 4.16. The summed E-state index contributed by atoms with van der Waals surface area (Å²) >= 11 is 0. The minimum atomic E-state index is -3.06. The van der Waals surface area contributed by atoms with Crippen LogP contribution < -0.4 is 4.90 Å². The zero-order chi connectivity index (χ0) is 15.5. The Labute approximate surface area is 129 Å². The standard InChI is InChI=1S/C15H18N2O4S/c18-15(19)16-5-4-13-12(8-16)11-3-1-2-10-9-22(20,21)7-6-17(13)14(10)11/h1-3,12-13H,4-9H2,(H,18,19)/t12-,13-/m0/s1. The van der Waals surface area contributed by atoms with Crippen LogP contribution >= 0.6 is 0 Å². The molecule has 3 heterocycles. The highest BCUT2D eigenvalue weighted by Gasteiger charge is 2.45. The largest absolute Gasteiger partial charge is 0.465 e. The van der Waals surface area contributed by atoms with Crippen LogP contribution in [0.1, 0.15) is 23.5 Å². The van der Waals surface area contributed by atoms with Crippen molar-refractivity contribution in [3.8, 4) is 0 Å². The summed E-state index contributed by atoms with van der Waals surface area (Å²) in [6.45, 7) is 1.53. The second-order valence-electron chi connectivity index (χ2n) is 6.33. The predicted octanol–water partition coefficient (Wildman–Crippen LogP) is 1.27. The van der Waals surface area contributed by atoms with Crippen molar-refractivity contribution >= 4 is 21.6 Å². The molecule has 1 fully saturated rings. The van der Waals surface area contributed by atoms with E-state index in [4.69, 9.17) is 0 Å². The van der Waals surface area contributed by atoms with Gasteiger partial charge in [-0.25, -0.2) is 13.2 Å². The first-order chi connectivity index (χ1) is 10.5. The Hall–Kier alpha value is -1.76. The van der Waals surface area contributed by atoms with Gasteiger partial charge in [0.1, 0.15) is 0 Å². The van der Waals surface area contributed by atoms with Crippen LogP contribution in [0.15, 0.2) is 18.2 Å². The van der Waals surface area contributed by atoms with Gasteiger partial charge in [0.15, 0.2) is 9.84 Å². The van der Waals surface area contributed by atoms with Crippen molar-refractivity contribution < 1.29 is 18.3 Å². The van der Waals surface area contributed by atoms with Gasteiger partial charge in [0.25, 0.3) is 0 Å². The average Bonchev–Trinajstić information content (AvgIpc) is 2.71. The number of piperidine rings is 1. The Kier molecular flexibility index (Phi) is 2.91. The number of rotatable bonds is 0. The Morgan fingerprint density at radius 1 is 1.27 bits per heavy atom. The molecule has 1 amide bonds. The number of nitrogens with zero attached hydrogens (tertiary/aromatic N) is 2. The van der Waals surface area contributed by atoms with E-state index in [-0.39, 0.29) is 23.5 Å². The second-order valence-corrected chi connectivity index (χ2v) is 8.52. The monoisotopic (exact) mass is 322 g/mol. The van der Waals surface area contributed by atoms with Crippen LogP contribution in [0.3, 0.4) is 0 Å². The molecule has 0 bridgehead atoms. The number of hydrogen-bond acceptors (Lipinski definition) is 4. The zero-order valence-electron chi connectivity index (χ0n) is 12.1. The van der Waals surface area contributed by atoms with Crippen LogP contribution in [-0.4, -0.2) is 55.9 Å². The van der Waals surface area contributed by atoms with Crippen LogP contribution in [0, 0.1) is 0 Å². The number of carbonyl (C=O) groups is 1. The topological polar surface area (TPSA) is 77.9 Å². The molecule has 1 aromatic rings. The van der Waals surface area contributed by atoms with E-state index >= 15 is 0 Å². The quantitative estimate of drug-likeness (QED) is 0.778. The van der Waals surface area contributed by atoms with Gasteiger partial charge in [-0.2, -0.15) is 0 Å². The van der Waals surface area contributed by atoms with E-state index in [1.54, 1.807) is 0 Å². The van der Waals surface area contributed by atoms with E-state index < -0.39 is 15.9 Å². The summed E-state index contributed by atoms with van der Waals surface area (Å²) in [5, 5.41) is 9.24. The molecule has 0 spiro atoms. The molecule has 1 saturated heterocycles. The van der Waals surface area contributed by atoms with E-state index in [1.165, 1.54) is 4.90 Å². The number of amides is 1. The second kappa shape index (κ2) is 4.62. The number of sulfone groups is 1. The van der Waals surface area contributed by atoms with Crippen molar-refractivity contribution in [3.63, 3.8) is 0 Å². The van der Waals surface area contributed by atoms with Gasteiger partial charge in [-0.1, -0.05) is 18.2 Å². The molecule has 2 atom stereocenters. The lowest BCUT2D eigenvalue weighted by Crippen LogP contribution is -2.48. The van der Waals surface area contributed by atoms with Crippen molar-refractivity contribution in [3.05, 3.63) is 29.3 Å². The SMILES string of the molecule is O=C(O)N1CC[C@H]2[C@@H](C1)c1cccc3c1N2CCS(=O)(=O)C3. The smallest absolute Gasteiger partial charge is 0.407 e. The average molecular weight is 322 g/mol. The molecule has 0 aliphatic carbocycles. The zero-order valence-corrected chi connectivity index (χ0v) is 12.9. The minimum Gasteiger partial charge on any atom is -0.465 e. The predicted molar refractivity (Wildman–Crippen MR) is 82.0 cm³/mol. The molecule has 3 aliphatic rings. The molecule has 0 saturated carbocycles. The highest BCUT2D eigenvalue weighted by Crippen LogP contribution is 2.47. The van der Waals surface area contributed by atoms with E-state index in [1.807, 2.05) is 18.2 Å². The molecule has 118 valence electrons. The first-order valence-electron chi connectivity index (χ1n) is 7.53. The summed E-state index contributed by atoms with van der Waals surface area (Å²) in [5.74, 6) is 0.419. The maximum Gasteiger partial charge on any atom is 0.407 e. The molecule has 7 heteroatoms. The molecule has 3 aliphatic heterocycles. The van der Waals surface area contributed by atoms with E-state index in [2.05, 4.69) is 4.90 Å². The van der Waals surface area contributed by atoms with Gasteiger partial charge < -0.3 is 14.9 Å². The summed E-state index contributed by atoms with van der Waals surface area (Å²) in [7, 11) is -3.06. The van der Waals surface area contributed by atoms with Crippen LogP contribution in [0.4, 0.5) is 10.5 Å². The third-order valence-electron chi connectivity index (χ3n) is 5.10. The van der Waals surface area contributed by atoms with Crippen molar-refractivity contribution in [1.29, 1.82) is 0 Å². The summed E-state index contributed by atoms with van der Waals surface area (Å²) in [6, 6.07) is 6.04. The van der Waals surface area contributed by atoms with E-state index in [0.717, 1.165) is 23.2 Å².